The van der Waals surface area contributed by atoms with Gasteiger partial charge in [-0.3, -0.25) is 9.59 Å². The van der Waals surface area contributed by atoms with E-state index in [0.29, 0.717) is 18.2 Å². The number of pyridine rings is 1. The molecule has 18 heavy (non-hydrogen) atoms. The quantitative estimate of drug-likeness (QED) is 0.637. The number of nitrogens with zero attached hydrogens (tertiary/aromatic N) is 1. The summed E-state index contributed by atoms with van der Waals surface area (Å²) in [7, 11) is 0. The van der Waals surface area contributed by atoms with E-state index in [1.165, 1.54) is 0 Å². The molecule has 0 aliphatic heterocycles. The minimum Gasteiger partial charge on any atom is -0.476 e. The molecule has 98 valence electrons. The average molecular weight is 252 g/mol. The highest BCUT2D eigenvalue weighted by Gasteiger charge is 2.17. The Labute approximate surface area is 105 Å². The van der Waals surface area contributed by atoms with Crippen LogP contribution in [0.2, 0.25) is 0 Å². The molecule has 0 radical (unpaired) electrons. The maximum atomic E-state index is 11.7. The Morgan fingerprint density at radius 2 is 2.28 bits per heavy atom. The molecule has 0 spiro atoms. The number of carbonyl (C=O) groups is 2. The van der Waals surface area contributed by atoms with Crippen molar-refractivity contribution in [1.82, 2.24) is 4.98 Å². The molecule has 7 heteroatoms. The summed E-state index contributed by atoms with van der Waals surface area (Å²) in [5, 5.41) is 2.54. The fraction of sp³-hybridized carbons (Fsp3) is 0.364. The first-order chi connectivity index (χ1) is 8.54. The van der Waals surface area contributed by atoms with Gasteiger partial charge in [-0.15, -0.1) is 0 Å². The van der Waals surface area contributed by atoms with Gasteiger partial charge in [0.2, 0.25) is 17.7 Å². The van der Waals surface area contributed by atoms with Crippen LogP contribution in [-0.4, -0.2) is 29.4 Å². The van der Waals surface area contributed by atoms with Crippen LogP contribution >= 0.6 is 0 Å². The molecule has 1 aromatic heterocycles. The molecule has 0 fully saturated rings. The molecule has 5 N–H and O–H groups in total. The number of anilines is 1. The third-order valence-corrected chi connectivity index (χ3v) is 2.07. The Kier molecular flexibility index (Phi) is 5.06. The van der Waals surface area contributed by atoms with Crippen LogP contribution in [-0.2, 0) is 9.59 Å². The predicted octanol–water partition coefficient (Wildman–Crippen LogP) is -0.378. The second kappa shape index (κ2) is 6.55. The third kappa shape index (κ3) is 4.02. The van der Waals surface area contributed by atoms with Gasteiger partial charge < -0.3 is 21.5 Å². The summed E-state index contributed by atoms with van der Waals surface area (Å²) in [6, 6.07) is 2.29. The summed E-state index contributed by atoms with van der Waals surface area (Å²) in [6.45, 7) is 2.23. The van der Waals surface area contributed by atoms with Crippen molar-refractivity contribution >= 4 is 17.5 Å². The second-order valence-corrected chi connectivity index (χ2v) is 3.56. The van der Waals surface area contributed by atoms with E-state index in [1.54, 1.807) is 25.3 Å². The Balaban J connectivity index is 2.72. The average Bonchev–Trinajstić information content (AvgIpc) is 2.31. The highest BCUT2D eigenvalue weighted by molar-refractivity contribution is 5.97. The summed E-state index contributed by atoms with van der Waals surface area (Å²) in [6.07, 6.45) is 1.33. The van der Waals surface area contributed by atoms with Gasteiger partial charge in [-0.1, -0.05) is 0 Å². The van der Waals surface area contributed by atoms with Gasteiger partial charge in [0, 0.05) is 6.20 Å². The topological polar surface area (TPSA) is 120 Å². The molecule has 0 aromatic carbocycles. The molecule has 0 bridgehead atoms. The molecule has 0 aliphatic rings. The van der Waals surface area contributed by atoms with Crippen LogP contribution in [0.25, 0.3) is 0 Å². The molecule has 0 aliphatic carbocycles. The molecular formula is C11H16N4O3. The largest absolute Gasteiger partial charge is 0.476 e. The normalized spacial score (nSPS) is 11.7. The SMILES string of the molecule is CCOc1ncccc1NC(=O)C(N)CC(N)=O. The van der Waals surface area contributed by atoms with Gasteiger partial charge >= 0.3 is 0 Å². The van der Waals surface area contributed by atoms with Crippen LogP contribution < -0.4 is 21.5 Å². The molecule has 1 atom stereocenters. The molecule has 1 heterocycles. The molecular weight excluding hydrogens is 236 g/mol. The smallest absolute Gasteiger partial charge is 0.241 e. The number of primary amides is 1. The van der Waals surface area contributed by atoms with E-state index in [4.69, 9.17) is 16.2 Å². The lowest BCUT2D eigenvalue weighted by atomic mass is 10.2. The van der Waals surface area contributed by atoms with E-state index in [0.717, 1.165) is 0 Å². The van der Waals surface area contributed by atoms with Crippen LogP contribution in [0.1, 0.15) is 13.3 Å². The lowest BCUT2D eigenvalue weighted by molar-refractivity contribution is -0.123. The molecule has 0 saturated heterocycles. The first-order valence-electron chi connectivity index (χ1n) is 5.47. The Morgan fingerprint density at radius 1 is 1.56 bits per heavy atom. The van der Waals surface area contributed by atoms with Gasteiger partial charge in [-0.05, 0) is 19.1 Å². The Hall–Kier alpha value is -2.15. The number of rotatable bonds is 6. The Morgan fingerprint density at radius 3 is 2.89 bits per heavy atom. The number of amides is 2. The van der Waals surface area contributed by atoms with Gasteiger partial charge in [-0.25, -0.2) is 4.98 Å². The number of aromatic nitrogens is 1. The fourth-order valence-electron chi connectivity index (χ4n) is 1.27. The van der Waals surface area contributed by atoms with Gasteiger partial charge in [0.1, 0.15) is 5.69 Å². The molecule has 7 nitrogen and oxygen atoms in total. The van der Waals surface area contributed by atoms with Gasteiger partial charge in [0.15, 0.2) is 0 Å². The fourth-order valence-corrected chi connectivity index (χ4v) is 1.27. The number of hydrogen-bond acceptors (Lipinski definition) is 5. The van der Waals surface area contributed by atoms with E-state index >= 15 is 0 Å². The zero-order chi connectivity index (χ0) is 13.5. The van der Waals surface area contributed by atoms with Crippen LogP contribution in [0.4, 0.5) is 5.69 Å². The summed E-state index contributed by atoms with van der Waals surface area (Å²) in [5.74, 6) is -0.837. The monoisotopic (exact) mass is 252 g/mol. The maximum absolute atomic E-state index is 11.7. The number of carbonyl (C=O) groups excluding carboxylic acids is 2. The first kappa shape index (κ1) is 13.9. The van der Waals surface area contributed by atoms with Crippen molar-refractivity contribution in [2.75, 3.05) is 11.9 Å². The van der Waals surface area contributed by atoms with Crippen molar-refractivity contribution in [3.05, 3.63) is 18.3 Å². The summed E-state index contributed by atoms with van der Waals surface area (Å²) in [4.78, 5) is 26.3. The zero-order valence-corrected chi connectivity index (χ0v) is 10.1. The lowest BCUT2D eigenvalue weighted by Crippen LogP contribution is -2.39. The second-order valence-electron chi connectivity index (χ2n) is 3.56. The summed E-state index contributed by atoms with van der Waals surface area (Å²) < 4.78 is 5.24. The van der Waals surface area contributed by atoms with Crippen molar-refractivity contribution in [2.24, 2.45) is 11.5 Å². The predicted molar refractivity (Wildman–Crippen MR) is 65.8 cm³/mol. The van der Waals surface area contributed by atoms with Crippen LogP contribution in [0.5, 0.6) is 5.88 Å². The van der Waals surface area contributed by atoms with E-state index in [2.05, 4.69) is 10.3 Å². The summed E-state index contributed by atoms with van der Waals surface area (Å²) in [5.41, 5.74) is 10.9. The summed E-state index contributed by atoms with van der Waals surface area (Å²) >= 11 is 0. The molecule has 1 unspecified atom stereocenters. The van der Waals surface area contributed by atoms with Crippen molar-refractivity contribution < 1.29 is 14.3 Å². The molecule has 0 saturated carbocycles. The van der Waals surface area contributed by atoms with Crippen LogP contribution in [0.15, 0.2) is 18.3 Å². The number of nitrogens with one attached hydrogen (secondary N) is 1. The minimum absolute atomic E-state index is 0.212. The van der Waals surface area contributed by atoms with E-state index < -0.39 is 17.9 Å². The zero-order valence-electron chi connectivity index (χ0n) is 10.1. The van der Waals surface area contributed by atoms with E-state index in [9.17, 15) is 9.59 Å². The number of hydrogen-bond donors (Lipinski definition) is 3. The lowest BCUT2D eigenvalue weighted by Gasteiger charge is -2.13. The molecule has 1 rings (SSSR count). The number of ether oxygens (including phenoxy) is 1. The standard InChI is InChI=1S/C11H16N4O3/c1-2-18-11-8(4-3-5-14-11)15-10(17)7(12)6-9(13)16/h3-5,7H,2,6,12H2,1H3,(H2,13,16)(H,15,17). The third-order valence-electron chi connectivity index (χ3n) is 2.07. The van der Waals surface area contributed by atoms with Crippen LogP contribution in [0.3, 0.4) is 0 Å². The van der Waals surface area contributed by atoms with Crippen molar-refractivity contribution in [2.45, 2.75) is 19.4 Å². The van der Waals surface area contributed by atoms with Gasteiger partial charge in [0.05, 0.1) is 19.1 Å². The number of nitrogens with two attached hydrogens (primary N) is 2. The molecule has 1 aromatic rings. The highest BCUT2D eigenvalue weighted by Crippen LogP contribution is 2.20. The van der Waals surface area contributed by atoms with Crippen LogP contribution in [0, 0.1) is 0 Å². The highest BCUT2D eigenvalue weighted by atomic mass is 16.5. The van der Waals surface area contributed by atoms with Gasteiger partial charge in [-0.2, -0.15) is 0 Å². The van der Waals surface area contributed by atoms with Crippen molar-refractivity contribution in [3.63, 3.8) is 0 Å². The minimum atomic E-state index is -0.989. The van der Waals surface area contributed by atoms with Crippen molar-refractivity contribution in [1.29, 1.82) is 0 Å². The van der Waals surface area contributed by atoms with Crippen molar-refractivity contribution in [3.8, 4) is 5.88 Å². The first-order valence-corrected chi connectivity index (χ1v) is 5.47. The van der Waals surface area contributed by atoms with Gasteiger partial charge in [0.25, 0.3) is 0 Å². The Bertz CT molecular complexity index is 436. The van der Waals surface area contributed by atoms with E-state index in [-0.39, 0.29) is 6.42 Å². The van der Waals surface area contributed by atoms with E-state index in [1.807, 2.05) is 0 Å². The maximum Gasteiger partial charge on any atom is 0.241 e. The molecule has 2 amide bonds.